The predicted molar refractivity (Wildman–Crippen MR) is 51.0 cm³/mol. The lowest BCUT2D eigenvalue weighted by Gasteiger charge is -2.14. The van der Waals surface area contributed by atoms with E-state index in [1.165, 1.54) is 0 Å². The minimum Gasteiger partial charge on any atom is -0.355 e. The topological polar surface area (TPSA) is 73.7 Å². The number of nitrogens with one attached hydrogen (secondary N) is 2. The monoisotopic (exact) mass is 197 g/mol. The number of rotatable bonds is 2. The molecule has 2 atom stereocenters. The molecule has 78 valence electrons. The van der Waals surface area contributed by atoms with Crippen molar-refractivity contribution in [1.29, 1.82) is 0 Å². The average molecular weight is 197 g/mol. The van der Waals surface area contributed by atoms with E-state index in [1.54, 1.807) is 0 Å². The van der Waals surface area contributed by atoms with Gasteiger partial charge in [0.1, 0.15) is 5.84 Å². The van der Waals surface area contributed by atoms with E-state index in [9.17, 15) is 4.79 Å². The Kier molecular flexibility index (Phi) is 2.41. The summed E-state index contributed by atoms with van der Waals surface area (Å²) in [4.78, 5) is 15.6. The molecule has 5 nitrogen and oxygen atoms in total. The van der Waals surface area contributed by atoms with Gasteiger partial charge in [0.05, 0.1) is 6.04 Å². The zero-order chi connectivity index (χ0) is 10.1. The Morgan fingerprint density at radius 3 is 2.79 bits per heavy atom. The van der Waals surface area contributed by atoms with Crippen LogP contribution in [-0.4, -0.2) is 29.5 Å². The fourth-order valence-electron chi connectivity index (χ4n) is 1.67. The molecule has 0 aromatic heterocycles. The molecule has 1 aliphatic carbocycles. The van der Waals surface area contributed by atoms with Crippen LogP contribution in [0, 0.1) is 11.8 Å². The number of hydroxylamine groups is 1. The highest BCUT2D eigenvalue weighted by Crippen LogP contribution is 2.26. The Morgan fingerprint density at radius 2 is 2.36 bits per heavy atom. The maximum absolute atomic E-state index is 11.2. The zero-order valence-corrected chi connectivity index (χ0v) is 8.16. The molecule has 1 saturated carbocycles. The van der Waals surface area contributed by atoms with Gasteiger partial charge in [-0.1, -0.05) is 6.92 Å². The molecule has 3 N–H and O–H groups in total. The van der Waals surface area contributed by atoms with E-state index in [4.69, 9.17) is 5.21 Å². The van der Waals surface area contributed by atoms with Crippen LogP contribution in [0.2, 0.25) is 0 Å². The maximum Gasteiger partial charge on any atom is 0.223 e. The first-order valence-electron chi connectivity index (χ1n) is 4.98. The molecular formula is C9H15N3O2. The van der Waals surface area contributed by atoms with Crippen LogP contribution >= 0.6 is 0 Å². The summed E-state index contributed by atoms with van der Waals surface area (Å²) >= 11 is 0. The molecule has 1 heterocycles. The molecule has 1 saturated heterocycles. The lowest BCUT2D eigenvalue weighted by atomic mass is 9.96. The maximum atomic E-state index is 11.2. The number of carbonyl (C=O) groups excluding carboxylic acids is 1. The summed E-state index contributed by atoms with van der Waals surface area (Å²) in [5.41, 5.74) is 2.12. The van der Waals surface area contributed by atoms with Crippen LogP contribution in [0.4, 0.5) is 0 Å². The average Bonchev–Trinajstić information content (AvgIpc) is 2.94. The fraction of sp³-hybridized carbons (Fsp3) is 0.778. The first-order valence-corrected chi connectivity index (χ1v) is 4.98. The van der Waals surface area contributed by atoms with Crippen LogP contribution in [0.5, 0.6) is 0 Å². The second-order valence-electron chi connectivity index (χ2n) is 4.00. The molecule has 14 heavy (non-hydrogen) atoms. The van der Waals surface area contributed by atoms with Gasteiger partial charge in [0, 0.05) is 18.4 Å². The molecule has 2 fully saturated rings. The summed E-state index contributed by atoms with van der Waals surface area (Å²) in [6, 6.07) is 0.354. The van der Waals surface area contributed by atoms with Gasteiger partial charge >= 0.3 is 0 Å². The van der Waals surface area contributed by atoms with Crippen molar-refractivity contribution in [3.05, 3.63) is 0 Å². The van der Waals surface area contributed by atoms with Crippen molar-refractivity contribution >= 4 is 11.7 Å². The largest absolute Gasteiger partial charge is 0.355 e. The van der Waals surface area contributed by atoms with Gasteiger partial charge in [-0.25, -0.2) is 0 Å². The van der Waals surface area contributed by atoms with E-state index >= 15 is 0 Å². The minimum atomic E-state index is -0.104. The van der Waals surface area contributed by atoms with Crippen molar-refractivity contribution < 1.29 is 10.0 Å². The number of carbonyl (C=O) groups is 1. The summed E-state index contributed by atoms with van der Waals surface area (Å²) in [5, 5.41) is 11.7. The molecule has 5 heteroatoms. The van der Waals surface area contributed by atoms with Gasteiger partial charge in [0.15, 0.2) is 0 Å². The van der Waals surface area contributed by atoms with Gasteiger partial charge in [0.2, 0.25) is 5.91 Å². The standard InChI is InChI=1S/C9H15N3O2/c1-5-7(4-10-9(5)13)8(12-14)11-6-2-3-6/h5-7,14H,2-4H2,1H3,(H,10,13)(H,11,12). The van der Waals surface area contributed by atoms with Crippen molar-refractivity contribution in [3.63, 3.8) is 0 Å². The lowest BCUT2D eigenvalue weighted by Crippen LogP contribution is -2.33. The first-order chi connectivity index (χ1) is 6.72. The Balaban J connectivity index is 2.07. The number of amidine groups is 1. The van der Waals surface area contributed by atoms with E-state index in [0.717, 1.165) is 12.8 Å². The van der Waals surface area contributed by atoms with E-state index in [-0.39, 0.29) is 17.7 Å². The van der Waals surface area contributed by atoms with Crippen LogP contribution in [0.15, 0.2) is 4.99 Å². The van der Waals surface area contributed by atoms with E-state index < -0.39 is 0 Å². The van der Waals surface area contributed by atoms with Gasteiger partial charge in [-0.2, -0.15) is 0 Å². The molecule has 0 aromatic carbocycles. The second-order valence-corrected chi connectivity index (χ2v) is 4.00. The molecule has 1 amide bonds. The third-order valence-electron chi connectivity index (χ3n) is 2.85. The van der Waals surface area contributed by atoms with Crippen molar-refractivity contribution in [2.45, 2.75) is 25.8 Å². The second kappa shape index (κ2) is 3.57. The van der Waals surface area contributed by atoms with E-state index in [1.807, 2.05) is 6.92 Å². The highest BCUT2D eigenvalue weighted by molar-refractivity contribution is 5.93. The number of hydrogen-bond donors (Lipinski definition) is 3. The SMILES string of the molecule is CC1C(=O)NCC1C(=NC1CC1)NO. The van der Waals surface area contributed by atoms with Gasteiger partial charge < -0.3 is 5.32 Å². The van der Waals surface area contributed by atoms with Crippen LogP contribution in [0.3, 0.4) is 0 Å². The zero-order valence-electron chi connectivity index (χ0n) is 8.16. The Bertz CT molecular complexity index is 273. The summed E-state index contributed by atoms with van der Waals surface area (Å²) in [7, 11) is 0. The Hall–Kier alpha value is -1.10. The van der Waals surface area contributed by atoms with Crippen LogP contribution in [-0.2, 0) is 4.79 Å². The molecule has 0 bridgehead atoms. The van der Waals surface area contributed by atoms with Crippen molar-refractivity contribution in [2.75, 3.05) is 6.54 Å². The van der Waals surface area contributed by atoms with E-state index in [0.29, 0.717) is 18.4 Å². The Labute approximate surface area is 82.6 Å². The van der Waals surface area contributed by atoms with Crippen LogP contribution < -0.4 is 10.8 Å². The van der Waals surface area contributed by atoms with Gasteiger partial charge in [0.25, 0.3) is 0 Å². The third-order valence-corrected chi connectivity index (χ3v) is 2.85. The summed E-state index contributed by atoms with van der Waals surface area (Å²) < 4.78 is 0. The van der Waals surface area contributed by atoms with Gasteiger partial charge in [-0.15, -0.1) is 0 Å². The molecule has 2 unspecified atom stereocenters. The highest BCUT2D eigenvalue weighted by atomic mass is 16.5. The van der Waals surface area contributed by atoms with E-state index in [2.05, 4.69) is 15.8 Å². The number of amides is 1. The molecule has 0 spiro atoms. The van der Waals surface area contributed by atoms with Crippen molar-refractivity contribution in [2.24, 2.45) is 16.8 Å². The molecular weight excluding hydrogens is 182 g/mol. The smallest absolute Gasteiger partial charge is 0.223 e. The van der Waals surface area contributed by atoms with Crippen molar-refractivity contribution in [3.8, 4) is 0 Å². The predicted octanol–water partition coefficient (Wildman–Crippen LogP) is -0.0918. The molecule has 0 radical (unpaired) electrons. The Morgan fingerprint density at radius 1 is 1.64 bits per heavy atom. The number of nitrogens with zero attached hydrogens (tertiary/aromatic N) is 1. The van der Waals surface area contributed by atoms with Crippen LogP contribution in [0.1, 0.15) is 19.8 Å². The minimum absolute atomic E-state index is 0.00639. The summed E-state index contributed by atoms with van der Waals surface area (Å²) in [6.45, 7) is 2.42. The summed E-state index contributed by atoms with van der Waals surface area (Å²) in [6.07, 6.45) is 2.18. The van der Waals surface area contributed by atoms with Crippen LogP contribution in [0.25, 0.3) is 0 Å². The lowest BCUT2D eigenvalue weighted by molar-refractivity contribution is -0.122. The van der Waals surface area contributed by atoms with Gasteiger partial charge in [-0.05, 0) is 12.8 Å². The number of aliphatic imine (C=N–C) groups is 1. The summed E-state index contributed by atoms with van der Waals surface area (Å²) in [5.74, 6) is 0.479. The quantitative estimate of drug-likeness (QED) is 0.329. The highest BCUT2D eigenvalue weighted by Gasteiger charge is 2.35. The molecule has 0 aromatic rings. The first kappa shape index (κ1) is 9.45. The molecule has 2 rings (SSSR count). The molecule has 2 aliphatic rings. The third kappa shape index (κ3) is 1.72. The normalized spacial score (nSPS) is 33.0. The molecule has 1 aliphatic heterocycles. The fourth-order valence-corrected chi connectivity index (χ4v) is 1.67. The van der Waals surface area contributed by atoms with Gasteiger partial charge in [-0.3, -0.25) is 20.5 Å². The number of hydrogen-bond acceptors (Lipinski definition) is 3. The van der Waals surface area contributed by atoms with Crippen molar-refractivity contribution in [1.82, 2.24) is 10.8 Å².